The maximum absolute atomic E-state index is 12.1. The van der Waals surface area contributed by atoms with Crippen LogP contribution in [-0.4, -0.2) is 89.1 Å². The van der Waals surface area contributed by atoms with Crippen LogP contribution in [0.5, 0.6) is 0 Å². The Kier molecular flexibility index (Phi) is 7.89. The summed E-state index contributed by atoms with van der Waals surface area (Å²) in [5, 5.41) is 15.4. The molecular weight excluding hydrogens is 492 g/mol. The number of hydroxylamine groups is 2. The smallest absolute Gasteiger partial charge is 0.322 e. The summed E-state index contributed by atoms with van der Waals surface area (Å²) in [6.45, 7) is 6.22. The van der Waals surface area contributed by atoms with Gasteiger partial charge < -0.3 is 10.0 Å². The molecule has 1 amide bonds. The van der Waals surface area contributed by atoms with Crippen LogP contribution in [0.25, 0.3) is 28.0 Å². The zero-order valence-corrected chi connectivity index (χ0v) is 22.5. The molecule has 5 rings (SSSR count). The minimum absolute atomic E-state index is 0.162. The molecule has 9 heteroatoms. The summed E-state index contributed by atoms with van der Waals surface area (Å²) < 4.78 is 1.95. The summed E-state index contributed by atoms with van der Waals surface area (Å²) in [4.78, 5) is 26.7. The molecule has 39 heavy (non-hydrogen) atoms. The minimum atomic E-state index is -0.424. The second-order valence-corrected chi connectivity index (χ2v) is 9.43. The fourth-order valence-electron chi connectivity index (χ4n) is 4.81. The molecule has 1 aliphatic rings. The number of fused-ring (bicyclic) bond motifs is 1. The van der Waals surface area contributed by atoms with E-state index in [2.05, 4.69) is 39.8 Å². The Balaban J connectivity index is 1.61. The summed E-state index contributed by atoms with van der Waals surface area (Å²) in [6.07, 6.45) is 0. The Hall–Kier alpha value is -4.23. The molecule has 4 aromatic rings. The van der Waals surface area contributed by atoms with Gasteiger partial charge in [-0.15, -0.1) is 0 Å². The standard InChI is InChI=1S/C30H32N6O3/c1-22-29(24-9-5-4-6-10-24)30-31-26(25-11-7-8-23(20-25)12-13-28(38)33(2)39-3)21-27(36(30)32-22)35-16-14-34(15-17-35)18-19-37/h4-11,20-21,37H,14-19H2,1-3H3. The van der Waals surface area contributed by atoms with Crippen molar-refractivity contribution in [2.45, 2.75) is 6.92 Å². The molecule has 1 fully saturated rings. The van der Waals surface area contributed by atoms with Crippen LogP contribution in [0, 0.1) is 18.8 Å². The van der Waals surface area contributed by atoms with Gasteiger partial charge in [0.05, 0.1) is 25.1 Å². The van der Waals surface area contributed by atoms with E-state index in [1.165, 1.54) is 14.2 Å². The van der Waals surface area contributed by atoms with Crippen molar-refractivity contribution in [2.75, 3.05) is 58.4 Å². The number of nitrogens with zero attached hydrogens (tertiary/aromatic N) is 6. The maximum atomic E-state index is 12.1. The number of benzene rings is 2. The second-order valence-electron chi connectivity index (χ2n) is 9.43. The summed E-state index contributed by atoms with van der Waals surface area (Å²) in [7, 11) is 2.95. The number of amides is 1. The number of aliphatic hydroxyl groups is 1. The van der Waals surface area contributed by atoms with Gasteiger partial charge in [0.25, 0.3) is 0 Å². The van der Waals surface area contributed by atoms with Gasteiger partial charge in [-0.25, -0.2) is 10.0 Å². The summed E-state index contributed by atoms with van der Waals surface area (Å²) >= 11 is 0. The maximum Gasteiger partial charge on any atom is 0.322 e. The number of hydrogen-bond acceptors (Lipinski definition) is 7. The zero-order chi connectivity index (χ0) is 27.4. The van der Waals surface area contributed by atoms with E-state index in [0.29, 0.717) is 12.1 Å². The summed E-state index contributed by atoms with van der Waals surface area (Å²) in [5.41, 5.74) is 6.17. The fourth-order valence-corrected chi connectivity index (χ4v) is 4.81. The van der Waals surface area contributed by atoms with Gasteiger partial charge in [0.15, 0.2) is 5.65 Å². The van der Waals surface area contributed by atoms with E-state index in [0.717, 1.165) is 70.8 Å². The molecule has 0 spiro atoms. The van der Waals surface area contributed by atoms with Gasteiger partial charge in [-0.05, 0) is 24.6 Å². The van der Waals surface area contributed by atoms with Gasteiger partial charge in [0.1, 0.15) is 5.82 Å². The van der Waals surface area contributed by atoms with Crippen molar-refractivity contribution in [3.05, 3.63) is 71.9 Å². The van der Waals surface area contributed by atoms with Crippen molar-refractivity contribution < 1.29 is 14.7 Å². The molecule has 3 heterocycles. The van der Waals surface area contributed by atoms with E-state index in [1.807, 2.05) is 53.9 Å². The molecule has 0 aliphatic carbocycles. The van der Waals surface area contributed by atoms with Crippen LogP contribution in [0.2, 0.25) is 0 Å². The van der Waals surface area contributed by atoms with Gasteiger partial charge in [0, 0.05) is 68.4 Å². The quantitative estimate of drug-likeness (QED) is 0.307. The van der Waals surface area contributed by atoms with E-state index in [-0.39, 0.29) is 6.61 Å². The van der Waals surface area contributed by atoms with Crippen LogP contribution in [0.1, 0.15) is 11.3 Å². The van der Waals surface area contributed by atoms with Crippen molar-refractivity contribution in [1.82, 2.24) is 24.6 Å². The molecule has 0 atom stereocenters. The lowest BCUT2D eigenvalue weighted by Crippen LogP contribution is -2.47. The molecule has 1 saturated heterocycles. The third-order valence-corrected chi connectivity index (χ3v) is 6.95. The first-order valence-corrected chi connectivity index (χ1v) is 13.0. The average molecular weight is 525 g/mol. The van der Waals surface area contributed by atoms with Crippen LogP contribution >= 0.6 is 0 Å². The molecule has 1 N–H and O–H groups in total. The number of carbonyl (C=O) groups is 1. The molecule has 200 valence electrons. The van der Waals surface area contributed by atoms with Crippen molar-refractivity contribution in [3.8, 4) is 34.2 Å². The lowest BCUT2D eigenvalue weighted by atomic mass is 10.1. The SMILES string of the molecule is CON(C)C(=O)C#Cc1cccc(-c2cc(N3CCN(CCO)CC3)n3nc(C)c(-c4ccccc4)c3n2)c1. The van der Waals surface area contributed by atoms with Crippen molar-refractivity contribution in [3.63, 3.8) is 0 Å². The molecule has 0 unspecified atom stereocenters. The first kappa shape index (κ1) is 26.4. The highest BCUT2D eigenvalue weighted by Gasteiger charge is 2.23. The zero-order valence-electron chi connectivity index (χ0n) is 22.5. The van der Waals surface area contributed by atoms with Crippen molar-refractivity contribution >= 4 is 17.4 Å². The number of aryl methyl sites for hydroxylation is 1. The number of anilines is 1. The molecule has 1 aliphatic heterocycles. The normalized spacial score (nSPS) is 13.8. The highest BCUT2D eigenvalue weighted by atomic mass is 16.7. The molecule has 2 aromatic carbocycles. The Labute approximate surface area is 228 Å². The minimum Gasteiger partial charge on any atom is -0.395 e. The predicted molar refractivity (Wildman–Crippen MR) is 151 cm³/mol. The van der Waals surface area contributed by atoms with Crippen LogP contribution in [0.3, 0.4) is 0 Å². The lowest BCUT2D eigenvalue weighted by Gasteiger charge is -2.35. The summed E-state index contributed by atoms with van der Waals surface area (Å²) in [5.74, 6) is 6.10. The Morgan fingerprint density at radius 2 is 1.79 bits per heavy atom. The van der Waals surface area contributed by atoms with Crippen LogP contribution in [0.4, 0.5) is 5.82 Å². The van der Waals surface area contributed by atoms with Crippen LogP contribution < -0.4 is 4.90 Å². The van der Waals surface area contributed by atoms with Gasteiger partial charge in [0.2, 0.25) is 0 Å². The highest BCUT2D eigenvalue weighted by Crippen LogP contribution is 2.33. The predicted octanol–water partition coefficient (Wildman–Crippen LogP) is 2.86. The van der Waals surface area contributed by atoms with Crippen LogP contribution in [0.15, 0.2) is 60.7 Å². The fraction of sp³-hybridized carbons (Fsp3) is 0.300. The molecule has 9 nitrogen and oxygen atoms in total. The lowest BCUT2D eigenvalue weighted by molar-refractivity contribution is -0.161. The number of aromatic nitrogens is 3. The first-order chi connectivity index (χ1) is 19.0. The Morgan fingerprint density at radius 1 is 1.05 bits per heavy atom. The van der Waals surface area contributed by atoms with E-state index in [9.17, 15) is 9.90 Å². The highest BCUT2D eigenvalue weighted by molar-refractivity contribution is 5.93. The van der Waals surface area contributed by atoms with Gasteiger partial charge in [-0.2, -0.15) is 9.61 Å². The average Bonchev–Trinajstić information content (AvgIpc) is 3.31. The van der Waals surface area contributed by atoms with Crippen molar-refractivity contribution in [2.24, 2.45) is 0 Å². The van der Waals surface area contributed by atoms with Gasteiger partial charge >= 0.3 is 5.91 Å². The molecule has 0 saturated carbocycles. The molecule has 2 aromatic heterocycles. The Morgan fingerprint density at radius 3 is 2.51 bits per heavy atom. The number of carbonyl (C=O) groups excluding carboxylic acids is 1. The largest absolute Gasteiger partial charge is 0.395 e. The number of aliphatic hydroxyl groups excluding tert-OH is 1. The van der Waals surface area contributed by atoms with Crippen molar-refractivity contribution in [1.29, 1.82) is 0 Å². The monoisotopic (exact) mass is 524 g/mol. The summed E-state index contributed by atoms with van der Waals surface area (Å²) in [6, 6.07) is 20.0. The Bertz CT molecular complexity index is 1530. The van der Waals surface area contributed by atoms with Gasteiger partial charge in [-0.3, -0.25) is 14.5 Å². The topological polar surface area (TPSA) is 86.4 Å². The van der Waals surface area contributed by atoms with E-state index < -0.39 is 5.91 Å². The van der Waals surface area contributed by atoms with Crippen LogP contribution in [-0.2, 0) is 9.63 Å². The molecule has 0 radical (unpaired) electrons. The molecular formula is C30H32N6O3. The van der Waals surface area contributed by atoms with E-state index >= 15 is 0 Å². The first-order valence-electron chi connectivity index (χ1n) is 13.0. The van der Waals surface area contributed by atoms with Gasteiger partial charge in [-0.1, -0.05) is 48.4 Å². The number of piperazine rings is 1. The number of rotatable bonds is 6. The molecule has 0 bridgehead atoms. The third-order valence-electron chi connectivity index (χ3n) is 6.95. The second kappa shape index (κ2) is 11.7. The van der Waals surface area contributed by atoms with E-state index in [4.69, 9.17) is 14.9 Å². The number of hydrogen-bond donors (Lipinski definition) is 1. The van der Waals surface area contributed by atoms with E-state index in [1.54, 1.807) is 0 Å². The third kappa shape index (κ3) is 5.64. The number of β-amino-alcohol motifs (C(OH)–C–C–N with tert-alkyl or cyclic N) is 1.